The van der Waals surface area contributed by atoms with Gasteiger partial charge in [0.25, 0.3) is 0 Å². The first-order valence-corrected chi connectivity index (χ1v) is 23.9. The minimum Gasteiger partial charge on any atom is -0.427 e. The van der Waals surface area contributed by atoms with Gasteiger partial charge in [0.15, 0.2) is 0 Å². The molecular weight excluding hydrogens is 795 g/mol. The van der Waals surface area contributed by atoms with E-state index in [9.17, 15) is 0 Å². The molecule has 0 aromatic heterocycles. The number of hydrogen-bond donors (Lipinski definition) is 0. The van der Waals surface area contributed by atoms with Crippen LogP contribution in [0.5, 0.6) is 11.5 Å². The maximum atomic E-state index is 6.53. The van der Waals surface area contributed by atoms with Crippen molar-refractivity contribution >= 4 is 17.2 Å². The fourth-order valence-electron chi connectivity index (χ4n) is 8.24. The molecule has 6 aromatic carbocycles. The highest BCUT2D eigenvalue weighted by Crippen LogP contribution is 2.53. The third-order valence-electron chi connectivity index (χ3n) is 12.0. The molecule has 61 heavy (non-hydrogen) atoms. The van der Waals surface area contributed by atoms with Gasteiger partial charge in [0, 0.05) is 0 Å². The van der Waals surface area contributed by atoms with E-state index in [-0.39, 0.29) is 0 Å². The molecule has 0 saturated carbocycles. The number of benzene rings is 6. The van der Waals surface area contributed by atoms with Crippen molar-refractivity contribution in [2.45, 2.75) is 77.0 Å². The van der Waals surface area contributed by atoms with Gasteiger partial charge in [0.05, 0.1) is 31.8 Å². The van der Waals surface area contributed by atoms with E-state index in [0.717, 1.165) is 37.2 Å². The molecule has 6 aromatic rings. The van der Waals surface area contributed by atoms with Crippen LogP contribution < -0.4 is 9.05 Å². The maximum Gasteiger partial charge on any atom is 0.397 e. The van der Waals surface area contributed by atoms with Crippen LogP contribution in [0.15, 0.2) is 158 Å². The first kappa shape index (κ1) is 43.3. The monoisotopic (exact) mass is 852 g/mol. The van der Waals surface area contributed by atoms with Gasteiger partial charge in [-0.25, -0.2) is 0 Å². The molecule has 4 unspecified atom stereocenters. The Labute approximate surface area is 365 Å². The van der Waals surface area contributed by atoms with E-state index in [0.29, 0.717) is 50.1 Å². The second-order valence-corrected chi connectivity index (χ2v) is 19.5. The predicted octanol–water partition coefficient (Wildman–Crippen LogP) is 14.1. The molecule has 2 saturated heterocycles. The molecule has 2 aliphatic rings. The zero-order chi connectivity index (χ0) is 42.0. The standard InChI is InChI=1S/C53H58O6P2/c1-39(25-43-17-9-5-10-18-43)47-29-48(40(2)26-44-19-11-6-12-20-44)32-51(31-47)58-60-54-35-53(36-55-60)37-56-61(57-38-53)59-52-33-49(41(3)27-45-21-13-7-14-22-45)30-50(34-52)42(4)28-46-23-15-8-16-24-46/h5-24,29-34,39-42H,25-28,35-38H2,1-4H3. The molecule has 0 N–H and O–H groups in total. The van der Waals surface area contributed by atoms with Crippen LogP contribution in [0.25, 0.3) is 0 Å². The fourth-order valence-corrected chi connectivity index (χ4v) is 10.7. The van der Waals surface area contributed by atoms with Gasteiger partial charge in [-0.3, -0.25) is 0 Å². The van der Waals surface area contributed by atoms with Crippen LogP contribution in [0.3, 0.4) is 0 Å². The normalized spacial score (nSPS) is 21.0. The van der Waals surface area contributed by atoms with E-state index in [1.165, 1.54) is 44.5 Å². The summed E-state index contributed by atoms with van der Waals surface area (Å²) in [5.74, 6) is 2.76. The molecule has 8 heteroatoms. The molecule has 0 amide bonds. The first-order chi connectivity index (χ1) is 29.8. The maximum absolute atomic E-state index is 6.53. The van der Waals surface area contributed by atoms with E-state index < -0.39 is 22.6 Å². The van der Waals surface area contributed by atoms with E-state index in [2.05, 4.69) is 185 Å². The minimum atomic E-state index is -1.60. The average molecular weight is 853 g/mol. The van der Waals surface area contributed by atoms with Crippen LogP contribution >= 0.6 is 17.2 Å². The topological polar surface area (TPSA) is 55.4 Å². The Balaban J connectivity index is 0.905. The quantitative estimate of drug-likeness (QED) is 0.0904. The summed E-state index contributed by atoms with van der Waals surface area (Å²) in [7, 11) is -3.21. The van der Waals surface area contributed by atoms with E-state index >= 15 is 0 Å². The van der Waals surface area contributed by atoms with Crippen molar-refractivity contribution in [1.82, 2.24) is 0 Å². The first-order valence-electron chi connectivity index (χ1n) is 21.7. The highest BCUT2D eigenvalue weighted by molar-refractivity contribution is 7.42. The number of rotatable bonds is 16. The summed E-state index contributed by atoms with van der Waals surface area (Å²) in [5.41, 5.74) is 9.83. The van der Waals surface area contributed by atoms with Crippen LogP contribution in [-0.4, -0.2) is 26.4 Å². The third kappa shape index (κ3) is 12.0. The Morgan fingerprint density at radius 2 is 0.639 bits per heavy atom. The molecule has 0 bridgehead atoms. The van der Waals surface area contributed by atoms with Gasteiger partial charge in [-0.15, -0.1) is 0 Å². The van der Waals surface area contributed by atoms with E-state index in [4.69, 9.17) is 27.1 Å². The molecule has 1 spiro atoms. The predicted molar refractivity (Wildman–Crippen MR) is 248 cm³/mol. The summed E-state index contributed by atoms with van der Waals surface area (Å²) in [6.45, 7) is 10.8. The molecular formula is C53H58O6P2. The molecule has 2 fully saturated rings. The van der Waals surface area contributed by atoms with Crippen LogP contribution in [0.2, 0.25) is 0 Å². The molecule has 2 heterocycles. The van der Waals surface area contributed by atoms with Crippen molar-refractivity contribution < 1.29 is 27.1 Å². The highest BCUT2D eigenvalue weighted by Gasteiger charge is 2.45. The lowest BCUT2D eigenvalue weighted by molar-refractivity contribution is -0.0672. The summed E-state index contributed by atoms with van der Waals surface area (Å²) in [6.07, 6.45) is 3.78. The largest absolute Gasteiger partial charge is 0.427 e. The van der Waals surface area contributed by atoms with Gasteiger partial charge in [0.2, 0.25) is 0 Å². The highest BCUT2D eigenvalue weighted by atomic mass is 31.2. The second-order valence-electron chi connectivity index (χ2n) is 17.3. The minimum absolute atomic E-state index is 0.302. The van der Waals surface area contributed by atoms with Crippen molar-refractivity contribution in [3.05, 3.63) is 202 Å². The van der Waals surface area contributed by atoms with Gasteiger partial charge >= 0.3 is 17.2 Å². The summed E-state index contributed by atoms with van der Waals surface area (Å²) in [5, 5.41) is 0. The van der Waals surface area contributed by atoms with Gasteiger partial charge in [-0.05, 0) is 118 Å². The van der Waals surface area contributed by atoms with E-state index in [1.807, 2.05) is 0 Å². The van der Waals surface area contributed by atoms with Crippen molar-refractivity contribution in [3.63, 3.8) is 0 Å². The summed E-state index contributed by atoms with van der Waals surface area (Å²) in [4.78, 5) is 0. The average Bonchev–Trinajstić information content (AvgIpc) is 3.29. The lowest BCUT2D eigenvalue weighted by Gasteiger charge is -2.41. The van der Waals surface area contributed by atoms with E-state index in [1.54, 1.807) is 0 Å². The van der Waals surface area contributed by atoms with Gasteiger partial charge in [-0.1, -0.05) is 161 Å². The Hall–Kier alpha value is -4.38. The molecule has 0 radical (unpaired) electrons. The smallest absolute Gasteiger partial charge is 0.397 e. The summed E-state index contributed by atoms with van der Waals surface area (Å²) < 4.78 is 38.4. The Bertz CT molecular complexity index is 1960. The Kier molecular flexibility index (Phi) is 14.7. The van der Waals surface area contributed by atoms with Crippen molar-refractivity contribution in [2.75, 3.05) is 26.4 Å². The van der Waals surface area contributed by atoms with Gasteiger partial charge < -0.3 is 27.1 Å². The van der Waals surface area contributed by atoms with Crippen molar-refractivity contribution in [1.29, 1.82) is 0 Å². The van der Waals surface area contributed by atoms with Crippen LogP contribution in [0.1, 0.15) is 95.9 Å². The molecule has 8 rings (SSSR count). The van der Waals surface area contributed by atoms with Crippen LogP contribution in [0, 0.1) is 5.41 Å². The third-order valence-corrected chi connectivity index (χ3v) is 14.1. The fraction of sp³-hybridized carbons (Fsp3) is 0.321. The molecule has 4 atom stereocenters. The van der Waals surface area contributed by atoms with Crippen molar-refractivity contribution in [2.24, 2.45) is 5.41 Å². The summed E-state index contributed by atoms with van der Waals surface area (Å²) >= 11 is 0. The van der Waals surface area contributed by atoms with Gasteiger partial charge in [0.1, 0.15) is 11.5 Å². The van der Waals surface area contributed by atoms with Gasteiger partial charge in [-0.2, -0.15) is 0 Å². The number of hydrogen-bond acceptors (Lipinski definition) is 6. The molecule has 316 valence electrons. The van der Waals surface area contributed by atoms with Crippen molar-refractivity contribution in [3.8, 4) is 11.5 Å². The van der Waals surface area contributed by atoms with Crippen LogP contribution in [-0.2, 0) is 43.8 Å². The van der Waals surface area contributed by atoms with Crippen LogP contribution in [0.4, 0.5) is 0 Å². The second kappa shape index (κ2) is 20.7. The molecule has 6 nitrogen and oxygen atoms in total. The lowest BCUT2D eigenvalue weighted by Crippen LogP contribution is -2.45. The Morgan fingerprint density at radius 1 is 0.393 bits per heavy atom. The zero-order valence-electron chi connectivity index (χ0n) is 35.8. The SMILES string of the molecule is CC(Cc1ccccc1)c1cc(OP2OCC3(CO2)COP(Oc2cc(C(C)Cc4ccccc4)cc(C(C)Cc4ccccc4)c2)OC3)cc(C(C)Cc2ccccc2)c1. The lowest BCUT2D eigenvalue weighted by atomic mass is 9.88. The zero-order valence-corrected chi connectivity index (χ0v) is 37.6. The molecule has 0 aliphatic carbocycles. The summed E-state index contributed by atoms with van der Waals surface area (Å²) in [6, 6.07) is 56.1. The molecule has 2 aliphatic heterocycles. The Morgan fingerprint density at radius 3 is 0.885 bits per heavy atom.